The average Bonchev–Trinajstić information content (AvgIpc) is 3.24. The molecular formula is C17H12N2O2S. The molecule has 2 aromatic heterocycles. The summed E-state index contributed by atoms with van der Waals surface area (Å²) in [5, 5.41) is 11.9. The van der Waals surface area contributed by atoms with Crippen molar-refractivity contribution < 1.29 is 9.15 Å². The second-order valence-electron chi connectivity index (χ2n) is 4.45. The van der Waals surface area contributed by atoms with Gasteiger partial charge in [-0.2, -0.15) is 5.26 Å². The zero-order chi connectivity index (χ0) is 15.4. The fourth-order valence-electron chi connectivity index (χ4n) is 1.95. The number of hydrogen-bond acceptors (Lipinski definition) is 5. The molecule has 22 heavy (non-hydrogen) atoms. The van der Waals surface area contributed by atoms with Crippen LogP contribution in [0.4, 0.5) is 0 Å². The van der Waals surface area contributed by atoms with Crippen LogP contribution < -0.4 is 4.74 Å². The lowest BCUT2D eigenvalue weighted by Gasteiger charge is -2.00. The minimum absolute atomic E-state index is 0.486. The molecule has 0 atom stereocenters. The van der Waals surface area contributed by atoms with Crippen molar-refractivity contribution in [3.63, 3.8) is 0 Å². The number of nitrogens with zero attached hydrogens (tertiary/aromatic N) is 2. The highest BCUT2D eigenvalue weighted by atomic mass is 32.1. The predicted octanol–water partition coefficient (Wildman–Crippen LogP) is 4.48. The van der Waals surface area contributed by atoms with E-state index < -0.39 is 0 Å². The van der Waals surface area contributed by atoms with Gasteiger partial charge in [0.05, 0.1) is 24.6 Å². The molecular weight excluding hydrogens is 296 g/mol. The first kappa shape index (κ1) is 14.1. The number of ether oxygens (including phenoxy) is 1. The van der Waals surface area contributed by atoms with Crippen LogP contribution in [0.25, 0.3) is 22.9 Å². The van der Waals surface area contributed by atoms with Crippen LogP contribution in [0.1, 0.15) is 10.8 Å². The number of allylic oxidation sites excluding steroid dienone is 1. The van der Waals surface area contributed by atoms with E-state index in [0.29, 0.717) is 16.3 Å². The number of rotatable bonds is 4. The Morgan fingerprint density at radius 1 is 1.32 bits per heavy atom. The minimum Gasteiger partial charge on any atom is -0.497 e. The number of methoxy groups -OCH3 is 1. The summed E-state index contributed by atoms with van der Waals surface area (Å²) >= 11 is 1.43. The third kappa shape index (κ3) is 2.92. The van der Waals surface area contributed by atoms with Crippen LogP contribution >= 0.6 is 11.3 Å². The molecule has 0 aliphatic heterocycles. The van der Waals surface area contributed by atoms with Crippen LogP contribution in [0.5, 0.6) is 5.75 Å². The quantitative estimate of drug-likeness (QED) is 0.667. The van der Waals surface area contributed by atoms with E-state index in [1.54, 1.807) is 31.6 Å². The van der Waals surface area contributed by atoms with Gasteiger partial charge in [0.25, 0.3) is 0 Å². The van der Waals surface area contributed by atoms with E-state index in [1.165, 1.54) is 11.3 Å². The molecule has 1 aromatic carbocycles. The molecule has 0 radical (unpaired) electrons. The van der Waals surface area contributed by atoms with E-state index in [-0.39, 0.29) is 0 Å². The first-order valence-electron chi connectivity index (χ1n) is 6.56. The molecule has 0 unspecified atom stereocenters. The average molecular weight is 308 g/mol. The Morgan fingerprint density at radius 3 is 2.77 bits per heavy atom. The van der Waals surface area contributed by atoms with Crippen LogP contribution in [-0.4, -0.2) is 12.1 Å². The number of aromatic nitrogens is 1. The van der Waals surface area contributed by atoms with E-state index in [0.717, 1.165) is 17.0 Å². The van der Waals surface area contributed by atoms with Crippen molar-refractivity contribution in [2.24, 2.45) is 0 Å². The molecule has 0 aliphatic rings. The lowest BCUT2D eigenvalue weighted by atomic mass is 10.1. The summed E-state index contributed by atoms with van der Waals surface area (Å²) < 4.78 is 10.4. The monoisotopic (exact) mass is 308 g/mol. The standard InChI is InChI=1S/C17H12N2O2S/c1-20-14-6-4-12(5-7-14)16-11-22-17(19-16)13(10-18)9-15-3-2-8-21-15/h2-9,11H,1H3. The Morgan fingerprint density at radius 2 is 2.14 bits per heavy atom. The molecule has 3 aromatic rings. The van der Waals surface area contributed by atoms with Crippen molar-refractivity contribution in [2.75, 3.05) is 7.11 Å². The van der Waals surface area contributed by atoms with Gasteiger partial charge in [-0.3, -0.25) is 0 Å². The first-order valence-corrected chi connectivity index (χ1v) is 7.44. The van der Waals surface area contributed by atoms with Crippen molar-refractivity contribution in [2.45, 2.75) is 0 Å². The number of benzene rings is 1. The van der Waals surface area contributed by atoms with Crippen LogP contribution in [0, 0.1) is 11.3 Å². The smallest absolute Gasteiger partial charge is 0.134 e. The molecule has 108 valence electrons. The zero-order valence-electron chi connectivity index (χ0n) is 11.8. The van der Waals surface area contributed by atoms with Crippen molar-refractivity contribution in [3.8, 4) is 23.1 Å². The molecule has 0 spiro atoms. The van der Waals surface area contributed by atoms with E-state index in [9.17, 15) is 5.26 Å². The maximum absolute atomic E-state index is 9.32. The minimum atomic E-state index is 0.486. The van der Waals surface area contributed by atoms with Gasteiger partial charge in [0.1, 0.15) is 22.6 Å². The van der Waals surface area contributed by atoms with Gasteiger partial charge in [0, 0.05) is 17.0 Å². The predicted molar refractivity (Wildman–Crippen MR) is 86.3 cm³/mol. The molecule has 0 bridgehead atoms. The second-order valence-corrected chi connectivity index (χ2v) is 5.31. The third-order valence-corrected chi connectivity index (χ3v) is 3.95. The lowest BCUT2D eigenvalue weighted by molar-refractivity contribution is 0.415. The maximum Gasteiger partial charge on any atom is 0.134 e. The van der Waals surface area contributed by atoms with Crippen molar-refractivity contribution in [3.05, 3.63) is 58.8 Å². The molecule has 3 rings (SSSR count). The Hall–Kier alpha value is -2.84. The van der Waals surface area contributed by atoms with E-state index in [1.807, 2.05) is 29.6 Å². The Balaban J connectivity index is 1.90. The molecule has 0 aliphatic carbocycles. The highest BCUT2D eigenvalue weighted by Crippen LogP contribution is 2.28. The highest BCUT2D eigenvalue weighted by molar-refractivity contribution is 7.11. The molecule has 5 heteroatoms. The largest absolute Gasteiger partial charge is 0.497 e. The van der Waals surface area contributed by atoms with Crippen molar-refractivity contribution in [1.29, 1.82) is 5.26 Å². The topological polar surface area (TPSA) is 59.0 Å². The summed E-state index contributed by atoms with van der Waals surface area (Å²) in [5.41, 5.74) is 2.31. The Labute approximate surface area is 131 Å². The Kier molecular flexibility index (Phi) is 4.03. The van der Waals surface area contributed by atoms with Crippen LogP contribution in [0.15, 0.2) is 52.5 Å². The van der Waals surface area contributed by atoms with Crippen molar-refractivity contribution >= 4 is 23.0 Å². The van der Waals surface area contributed by atoms with Gasteiger partial charge in [-0.15, -0.1) is 11.3 Å². The summed E-state index contributed by atoms with van der Waals surface area (Å²) in [7, 11) is 1.63. The molecule has 0 saturated carbocycles. The van der Waals surface area contributed by atoms with E-state index in [2.05, 4.69) is 11.1 Å². The van der Waals surface area contributed by atoms with Crippen molar-refractivity contribution in [1.82, 2.24) is 4.98 Å². The summed E-state index contributed by atoms with van der Waals surface area (Å²) in [6.45, 7) is 0. The summed E-state index contributed by atoms with van der Waals surface area (Å²) in [5.74, 6) is 1.44. The van der Waals surface area contributed by atoms with E-state index >= 15 is 0 Å². The van der Waals surface area contributed by atoms with E-state index in [4.69, 9.17) is 9.15 Å². The zero-order valence-corrected chi connectivity index (χ0v) is 12.6. The number of thiazole rings is 1. The van der Waals surface area contributed by atoms with Gasteiger partial charge in [-0.05, 0) is 36.4 Å². The molecule has 0 fully saturated rings. The SMILES string of the molecule is COc1ccc(-c2csc(C(C#N)=Cc3ccco3)n2)cc1. The highest BCUT2D eigenvalue weighted by Gasteiger charge is 2.09. The van der Waals surface area contributed by atoms with Gasteiger partial charge < -0.3 is 9.15 Å². The Bertz CT molecular complexity index is 824. The van der Waals surface area contributed by atoms with Gasteiger partial charge >= 0.3 is 0 Å². The van der Waals surface area contributed by atoms with Gasteiger partial charge in [-0.1, -0.05) is 0 Å². The van der Waals surface area contributed by atoms with Crippen LogP contribution in [0.3, 0.4) is 0 Å². The normalized spacial score (nSPS) is 11.2. The first-order chi connectivity index (χ1) is 10.8. The number of nitriles is 1. The second kappa shape index (κ2) is 6.29. The summed E-state index contributed by atoms with van der Waals surface area (Å²) in [6, 6.07) is 13.4. The third-order valence-electron chi connectivity index (χ3n) is 3.07. The van der Waals surface area contributed by atoms with Crippen LogP contribution in [-0.2, 0) is 0 Å². The van der Waals surface area contributed by atoms with Gasteiger partial charge in [0.15, 0.2) is 0 Å². The fraction of sp³-hybridized carbons (Fsp3) is 0.0588. The molecule has 0 saturated heterocycles. The van der Waals surface area contributed by atoms with Gasteiger partial charge in [0.2, 0.25) is 0 Å². The molecule has 2 heterocycles. The van der Waals surface area contributed by atoms with Crippen LogP contribution in [0.2, 0.25) is 0 Å². The summed E-state index contributed by atoms with van der Waals surface area (Å²) in [4.78, 5) is 4.53. The lowest BCUT2D eigenvalue weighted by Crippen LogP contribution is -1.84. The molecule has 0 amide bonds. The maximum atomic E-state index is 9.32. The number of furan rings is 1. The van der Waals surface area contributed by atoms with Gasteiger partial charge in [-0.25, -0.2) is 4.98 Å². The molecule has 0 N–H and O–H groups in total. The molecule has 4 nitrogen and oxygen atoms in total. The number of hydrogen-bond donors (Lipinski definition) is 0. The summed E-state index contributed by atoms with van der Waals surface area (Å²) in [6.07, 6.45) is 3.27. The fourth-order valence-corrected chi connectivity index (χ4v) is 2.74.